The third kappa shape index (κ3) is 16.4. The molecular formula is C12H28O6Ti. The Morgan fingerprint density at radius 3 is 1.79 bits per heavy atom. The van der Waals surface area contributed by atoms with Crippen LogP contribution in [0.25, 0.3) is 0 Å². The molecule has 0 fully saturated rings. The van der Waals surface area contributed by atoms with Crippen LogP contribution in [0.1, 0.15) is 71.1 Å². The van der Waals surface area contributed by atoms with Crippen LogP contribution in [-0.2, 0) is 26.5 Å². The van der Waals surface area contributed by atoms with Gasteiger partial charge in [-0.15, -0.1) is 0 Å². The first kappa shape index (κ1) is 19.5. The average molecular weight is 316 g/mol. The fourth-order valence-electron chi connectivity index (χ4n) is 1.80. The van der Waals surface area contributed by atoms with Crippen LogP contribution in [-0.4, -0.2) is 22.5 Å². The Balaban J connectivity index is 3.21. The molecule has 0 aliphatic rings. The maximum absolute atomic E-state index is 9.26. The molecule has 0 aromatic rings. The van der Waals surface area contributed by atoms with E-state index in [2.05, 4.69) is 15.3 Å². The predicted molar refractivity (Wildman–Crippen MR) is 66.7 cm³/mol. The van der Waals surface area contributed by atoms with E-state index in [9.17, 15) is 5.11 Å². The summed E-state index contributed by atoms with van der Waals surface area (Å²) >= 11 is -5.14. The molecule has 0 amide bonds. The van der Waals surface area contributed by atoms with Crippen molar-refractivity contribution in [3.8, 4) is 0 Å². The fourth-order valence-corrected chi connectivity index (χ4v) is 2.17. The third-order valence-corrected chi connectivity index (χ3v) is 3.33. The summed E-state index contributed by atoms with van der Waals surface area (Å²) in [5, 5.41) is 9.26. The number of aliphatic hydroxyl groups excluding tert-OH is 1. The molecule has 0 rings (SSSR count). The Hall–Kier alpha value is 0.474. The maximum atomic E-state index is 9.26. The SMILES string of the molecule is CCCCCCCCCCCC(O)O[O][Ti]([OH])([OH])[OH]. The van der Waals surface area contributed by atoms with E-state index in [1.165, 1.54) is 38.5 Å². The zero-order valence-electron chi connectivity index (χ0n) is 11.8. The summed E-state index contributed by atoms with van der Waals surface area (Å²) in [6, 6.07) is 0. The van der Waals surface area contributed by atoms with Gasteiger partial charge in [0, 0.05) is 0 Å². The molecule has 7 heteroatoms. The van der Waals surface area contributed by atoms with Gasteiger partial charge in [0.15, 0.2) is 0 Å². The van der Waals surface area contributed by atoms with E-state index in [0.717, 1.165) is 19.3 Å². The van der Waals surface area contributed by atoms with Gasteiger partial charge in [-0.2, -0.15) is 0 Å². The first-order valence-electron chi connectivity index (χ1n) is 7.15. The van der Waals surface area contributed by atoms with Gasteiger partial charge in [-0.3, -0.25) is 0 Å². The van der Waals surface area contributed by atoms with Crippen LogP contribution < -0.4 is 0 Å². The summed E-state index contributed by atoms with van der Waals surface area (Å²) in [6.45, 7) is 2.20. The molecule has 0 aromatic heterocycles. The molecule has 1 unspecified atom stereocenters. The summed E-state index contributed by atoms with van der Waals surface area (Å²) in [6.07, 6.45) is 9.70. The minimum absolute atomic E-state index is 0.355. The van der Waals surface area contributed by atoms with Crippen LogP contribution in [0.15, 0.2) is 0 Å². The Labute approximate surface area is 120 Å². The van der Waals surface area contributed by atoms with Gasteiger partial charge < -0.3 is 0 Å². The number of aliphatic hydroxyl groups is 1. The van der Waals surface area contributed by atoms with Gasteiger partial charge in [0.2, 0.25) is 0 Å². The van der Waals surface area contributed by atoms with Crippen molar-refractivity contribution in [1.29, 1.82) is 0 Å². The number of rotatable bonds is 13. The molecular weight excluding hydrogens is 288 g/mol. The molecule has 0 spiro atoms. The molecule has 116 valence electrons. The number of hydrogen-bond donors (Lipinski definition) is 4. The third-order valence-electron chi connectivity index (χ3n) is 2.83. The van der Waals surface area contributed by atoms with Gasteiger partial charge in [-0.05, 0) is 0 Å². The zero-order valence-corrected chi connectivity index (χ0v) is 13.3. The summed E-state index contributed by atoms with van der Waals surface area (Å²) in [5.41, 5.74) is 0. The summed E-state index contributed by atoms with van der Waals surface area (Å²) in [4.78, 5) is 4.27. The first-order valence-corrected chi connectivity index (χ1v) is 9.88. The molecule has 19 heavy (non-hydrogen) atoms. The fraction of sp³-hybridized carbons (Fsp3) is 1.00. The summed E-state index contributed by atoms with van der Waals surface area (Å²) < 4.78 is 29.5. The summed E-state index contributed by atoms with van der Waals surface area (Å²) in [5.74, 6) is 0. The quantitative estimate of drug-likeness (QED) is 0.136. The molecule has 0 saturated carbocycles. The normalized spacial score (nSPS) is 13.7. The van der Waals surface area contributed by atoms with Crippen molar-refractivity contribution in [1.82, 2.24) is 0 Å². The number of hydrogen-bond acceptors (Lipinski definition) is 6. The van der Waals surface area contributed by atoms with Gasteiger partial charge in [0.05, 0.1) is 0 Å². The van der Waals surface area contributed by atoms with Crippen LogP contribution in [0.5, 0.6) is 0 Å². The van der Waals surface area contributed by atoms with Crippen molar-refractivity contribution < 1.29 is 42.7 Å². The van der Waals surface area contributed by atoms with Crippen molar-refractivity contribution in [3.63, 3.8) is 0 Å². The van der Waals surface area contributed by atoms with E-state index in [0.29, 0.717) is 6.42 Å². The van der Waals surface area contributed by atoms with E-state index in [-0.39, 0.29) is 0 Å². The van der Waals surface area contributed by atoms with Crippen LogP contribution in [0.4, 0.5) is 0 Å². The van der Waals surface area contributed by atoms with Crippen molar-refractivity contribution in [2.75, 3.05) is 0 Å². The molecule has 0 radical (unpaired) electrons. The van der Waals surface area contributed by atoms with Gasteiger partial charge in [-0.1, -0.05) is 13.3 Å². The Kier molecular flexibility index (Phi) is 12.5. The molecule has 0 aromatic carbocycles. The standard InChI is InChI=1S/C12H26O3.3H2O.Ti/c1-2-3-4-5-6-7-8-9-10-11-12(13)15-14;;;;/h12-14H,2-11H2,1H3;3*1H2;/q;;;;+4/p-4. The second kappa shape index (κ2) is 12.2. The Bertz CT molecular complexity index is 197. The van der Waals surface area contributed by atoms with Crippen molar-refractivity contribution in [3.05, 3.63) is 0 Å². The molecule has 0 aliphatic carbocycles. The van der Waals surface area contributed by atoms with Gasteiger partial charge in [0.25, 0.3) is 0 Å². The molecule has 6 nitrogen and oxygen atoms in total. The molecule has 0 heterocycles. The molecule has 0 bridgehead atoms. The summed E-state index contributed by atoms with van der Waals surface area (Å²) in [7, 11) is 0. The molecule has 1 atom stereocenters. The van der Waals surface area contributed by atoms with E-state index in [1.54, 1.807) is 0 Å². The van der Waals surface area contributed by atoms with Crippen molar-refractivity contribution in [2.24, 2.45) is 0 Å². The molecule has 0 saturated heterocycles. The van der Waals surface area contributed by atoms with Crippen LogP contribution in [0, 0.1) is 0 Å². The predicted octanol–water partition coefficient (Wildman–Crippen LogP) is 1.96. The zero-order chi connectivity index (χ0) is 14.6. The Morgan fingerprint density at radius 2 is 1.32 bits per heavy atom. The van der Waals surface area contributed by atoms with Gasteiger partial charge in [-0.25, -0.2) is 0 Å². The van der Waals surface area contributed by atoms with Crippen molar-refractivity contribution >= 4 is 0 Å². The second-order valence-electron chi connectivity index (χ2n) is 4.83. The topological polar surface area (TPSA) is 99.4 Å². The number of unbranched alkanes of at least 4 members (excludes halogenated alkanes) is 8. The van der Waals surface area contributed by atoms with Crippen LogP contribution in [0.2, 0.25) is 0 Å². The van der Waals surface area contributed by atoms with Gasteiger partial charge >= 0.3 is 107 Å². The van der Waals surface area contributed by atoms with E-state index in [4.69, 9.17) is 11.1 Å². The van der Waals surface area contributed by atoms with Gasteiger partial charge in [0.1, 0.15) is 0 Å². The van der Waals surface area contributed by atoms with Crippen LogP contribution >= 0.6 is 0 Å². The molecule has 4 N–H and O–H groups in total. The second-order valence-corrected chi connectivity index (χ2v) is 6.88. The average Bonchev–Trinajstić information content (AvgIpc) is 2.33. The van der Waals surface area contributed by atoms with Crippen LogP contribution in [0.3, 0.4) is 0 Å². The minimum atomic E-state index is -5.14. The first-order chi connectivity index (χ1) is 8.95. The van der Waals surface area contributed by atoms with E-state index >= 15 is 0 Å². The Morgan fingerprint density at radius 1 is 0.842 bits per heavy atom. The van der Waals surface area contributed by atoms with E-state index < -0.39 is 24.4 Å². The van der Waals surface area contributed by atoms with E-state index in [1.807, 2.05) is 0 Å². The molecule has 0 aliphatic heterocycles. The van der Waals surface area contributed by atoms with Crippen molar-refractivity contribution in [2.45, 2.75) is 77.4 Å². The monoisotopic (exact) mass is 316 g/mol.